The summed E-state index contributed by atoms with van der Waals surface area (Å²) in [6.07, 6.45) is 1.59. The minimum absolute atomic E-state index is 0.00954. The standard InChI is InChI=1S/C30H38O4Si/c1-21(25-24-18-19-29(5,6)26(31)30(24,25)27(32)33-7)20-34-35(28(2,3)4,22-14-10-8-11-15-22)23-16-12-9-13-17-23/h8-17,24-25H,1,18-20H2,2-7H3/t24-,25?,30+/m0/s1. The molecule has 2 saturated carbocycles. The summed E-state index contributed by atoms with van der Waals surface area (Å²) >= 11 is 0. The maximum absolute atomic E-state index is 13.6. The van der Waals surface area contributed by atoms with Gasteiger partial charge < -0.3 is 9.16 Å². The van der Waals surface area contributed by atoms with Crippen LogP contribution in [0.2, 0.25) is 5.04 Å². The fourth-order valence-electron chi connectivity index (χ4n) is 6.55. The summed E-state index contributed by atoms with van der Waals surface area (Å²) in [6, 6.07) is 20.9. The molecule has 0 bridgehead atoms. The molecule has 0 saturated heterocycles. The highest BCUT2D eigenvalue weighted by atomic mass is 28.4. The Morgan fingerprint density at radius 1 is 1.03 bits per heavy atom. The summed E-state index contributed by atoms with van der Waals surface area (Å²) < 4.78 is 12.2. The first-order chi connectivity index (χ1) is 16.4. The average Bonchev–Trinajstić information content (AvgIpc) is 3.52. The SMILES string of the molecule is C=C(CO[Si](c1ccccc1)(c1ccccc1)C(C)(C)C)C1[C@@H]2CCC(C)(C)C(=O)[C@]12C(=O)OC. The molecule has 0 aromatic heterocycles. The van der Waals surface area contributed by atoms with Gasteiger partial charge in [-0.25, -0.2) is 0 Å². The van der Waals surface area contributed by atoms with Crippen molar-refractivity contribution in [3.8, 4) is 0 Å². The van der Waals surface area contributed by atoms with Crippen molar-refractivity contribution in [3.05, 3.63) is 72.8 Å². The molecule has 0 amide bonds. The van der Waals surface area contributed by atoms with Crippen molar-refractivity contribution in [3.63, 3.8) is 0 Å². The summed E-state index contributed by atoms with van der Waals surface area (Å²) in [5.74, 6) is -0.713. The molecule has 186 valence electrons. The number of ketones is 1. The molecule has 0 aliphatic heterocycles. The third-order valence-corrected chi connectivity index (χ3v) is 13.3. The molecule has 35 heavy (non-hydrogen) atoms. The van der Waals surface area contributed by atoms with Gasteiger partial charge in [-0.05, 0) is 39.7 Å². The zero-order valence-corrected chi connectivity index (χ0v) is 22.9. The fourth-order valence-corrected chi connectivity index (χ4v) is 11.1. The van der Waals surface area contributed by atoms with Crippen LogP contribution in [-0.2, 0) is 18.8 Å². The summed E-state index contributed by atoms with van der Waals surface area (Å²) in [5.41, 5.74) is -0.833. The Kier molecular flexibility index (Phi) is 6.48. The summed E-state index contributed by atoms with van der Waals surface area (Å²) in [4.78, 5) is 26.6. The van der Waals surface area contributed by atoms with Crippen molar-refractivity contribution in [1.82, 2.24) is 0 Å². The van der Waals surface area contributed by atoms with E-state index in [1.807, 2.05) is 26.0 Å². The van der Waals surface area contributed by atoms with Gasteiger partial charge >= 0.3 is 5.97 Å². The number of carbonyl (C=O) groups excluding carboxylic acids is 2. The van der Waals surface area contributed by atoms with E-state index >= 15 is 0 Å². The average molecular weight is 491 g/mol. The highest BCUT2D eigenvalue weighted by molar-refractivity contribution is 6.99. The number of Topliss-reactive ketones (excluding diaryl/α,β-unsaturated/α-hetero) is 1. The molecule has 2 fully saturated rings. The number of esters is 1. The van der Waals surface area contributed by atoms with Gasteiger partial charge in [-0.15, -0.1) is 0 Å². The lowest BCUT2D eigenvalue weighted by Gasteiger charge is -2.43. The van der Waals surface area contributed by atoms with Gasteiger partial charge in [0.05, 0.1) is 13.7 Å². The number of methoxy groups -OCH3 is 1. The quantitative estimate of drug-likeness (QED) is 0.239. The Labute approximate surface area is 210 Å². The highest BCUT2D eigenvalue weighted by Crippen LogP contribution is 2.70. The van der Waals surface area contributed by atoms with Crippen molar-refractivity contribution in [2.24, 2.45) is 22.7 Å². The maximum Gasteiger partial charge on any atom is 0.320 e. The molecule has 4 nitrogen and oxygen atoms in total. The second kappa shape index (κ2) is 8.86. The molecule has 2 aromatic rings. The Bertz CT molecular complexity index is 1080. The number of benzene rings is 2. The van der Waals surface area contributed by atoms with Crippen molar-refractivity contribution >= 4 is 30.4 Å². The van der Waals surface area contributed by atoms with Crippen LogP contribution < -0.4 is 10.4 Å². The Balaban J connectivity index is 1.71. The summed E-state index contributed by atoms with van der Waals surface area (Å²) in [5, 5.41) is 2.23. The van der Waals surface area contributed by atoms with Gasteiger partial charge in [0, 0.05) is 11.3 Å². The molecular formula is C30H38O4Si. The monoisotopic (exact) mass is 490 g/mol. The molecule has 0 spiro atoms. The normalized spacial score (nSPS) is 25.5. The molecule has 5 heteroatoms. The first-order valence-corrected chi connectivity index (χ1v) is 14.4. The minimum Gasteiger partial charge on any atom is -0.468 e. The van der Waals surface area contributed by atoms with Gasteiger partial charge in [-0.1, -0.05) is 102 Å². The zero-order valence-electron chi connectivity index (χ0n) is 21.9. The van der Waals surface area contributed by atoms with Gasteiger partial charge in [0.2, 0.25) is 0 Å². The van der Waals surface area contributed by atoms with Crippen LogP contribution in [0.5, 0.6) is 0 Å². The first-order valence-electron chi connectivity index (χ1n) is 12.5. The van der Waals surface area contributed by atoms with E-state index in [-0.39, 0.29) is 22.7 Å². The van der Waals surface area contributed by atoms with E-state index in [1.165, 1.54) is 17.5 Å². The van der Waals surface area contributed by atoms with Gasteiger partial charge in [-0.3, -0.25) is 9.59 Å². The van der Waals surface area contributed by atoms with Gasteiger partial charge in [0.25, 0.3) is 8.32 Å². The zero-order chi connectivity index (χ0) is 25.6. The second-order valence-electron chi connectivity index (χ2n) is 11.8. The molecular weight excluding hydrogens is 452 g/mol. The van der Waals surface area contributed by atoms with E-state index in [0.717, 1.165) is 18.4 Å². The number of hydrogen-bond acceptors (Lipinski definition) is 4. The Hall–Kier alpha value is -2.50. The number of fused-ring (bicyclic) bond motifs is 1. The van der Waals surface area contributed by atoms with E-state index < -0.39 is 25.1 Å². The topological polar surface area (TPSA) is 52.6 Å². The number of rotatable bonds is 7. The molecule has 2 aromatic carbocycles. The number of carbonyl (C=O) groups is 2. The summed E-state index contributed by atoms with van der Waals surface area (Å²) in [7, 11) is -1.37. The van der Waals surface area contributed by atoms with Crippen LogP contribution in [0.3, 0.4) is 0 Å². The lowest BCUT2D eigenvalue weighted by Crippen LogP contribution is -2.66. The first kappa shape index (κ1) is 25.6. The third-order valence-electron chi connectivity index (χ3n) is 8.29. The highest BCUT2D eigenvalue weighted by Gasteiger charge is 2.78. The fraction of sp³-hybridized carbons (Fsp3) is 0.467. The van der Waals surface area contributed by atoms with Crippen molar-refractivity contribution in [2.45, 2.75) is 52.5 Å². The van der Waals surface area contributed by atoms with E-state index in [9.17, 15) is 9.59 Å². The van der Waals surface area contributed by atoms with Crippen LogP contribution in [0.4, 0.5) is 0 Å². The van der Waals surface area contributed by atoms with Gasteiger partial charge in [0.1, 0.15) is 5.41 Å². The molecule has 3 atom stereocenters. The van der Waals surface area contributed by atoms with Crippen LogP contribution in [0, 0.1) is 22.7 Å². The van der Waals surface area contributed by atoms with Crippen LogP contribution in [0.15, 0.2) is 72.8 Å². The van der Waals surface area contributed by atoms with Crippen LogP contribution in [-0.4, -0.2) is 33.8 Å². The molecule has 0 N–H and O–H groups in total. The van der Waals surface area contributed by atoms with Crippen LogP contribution in [0.1, 0.15) is 47.5 Å². The molecule has 1 unspecified atom stereocenters. The second-order valence-corrected chi connectivity index (χ2v) is 16.1. The lowest BCUT2D eigenvalue weighted by atomic mass is 9.70. The van der Waals surface area contributed by atoms with Gasteiger partial charge in [0.15, 0.2) is 5.78 Å². The Morgan fingerprint density at radius 2 is 1.54 bits per heavy atom. The Morgan fingerprint density at radius 3 is 2.00 bits per heavy atom. The van der Waals surface area contributed by atoms with Crippen LogP contribution in [0.25, 0.3) is 0 Å². The number of hydrogen-bond donors (Lipinski definition) is 0. The lowest BCUT2D eigenvalue weighted by molar-refractivity contribution is -0.157. The van der Waals surface area contributed by atoms with Crippen molar-refractivity contribution in [2.75, 3.05) is 13.7 Å². The van der Waals surface area contributed by atoms with E-state index in [2.05, 4.69) is 75.9 Å². The molecule has 0 heterocycles. The minimum atomic E-state index is -2.75. The largest absolute Gasteiger partial charge is 0.468 e. The predicted octanol–water partition coefficient (Wildman–Crippen LogP) is 4.91. The van der Waals surface area contributed by atoms with Gasteiger partial charge in [-0.2, -0.15) is 0 Å². The van der Waals surface area contributed by atoms with Crippen molar-refractivity contribution < 1.29 is 18.8 Å². The predicted molar refractivity (Wildman–Crippen MR) is 142 cm³/mol. The van der Waals surface area contributed by atoms with E-state index in [1.54, 1.807) is 0 Å². The molecule has 2 aliphatic carbocycles. The van der Waals surface area contributed by atoms with Crippen LogP contribution >= 0.6 is 0 Å². The smallest absolute Gasteiger partial charge is 0.320 e. The molecule has 0 radical (unpaired) electrons. The summed E-state index contributed by atoms with van der Waals surface area (Å²) in [6.45, 7) is 15.3. The molecule has 2 aliphatic rings. The number of ether oxygens (including phenoxy) is 1. The van der Waals surface area contributed by atoms with E-state index in [4.69, 9.17) is 9.16 Å². The van der Waals surface area contributed by atoms with E-state index in [0.29, 0.717) is 6.61 Å². The maximum atomic E-state index is 13.6. The molecule has 4 rings (SSSR count). The van der Waals surface area contributed by atoms with Crippen molar-refractivity contribution in [1.29, 1.82) is 0 Å². The third kappa shape index (κ3) is 3.84.